The number of hydrogen-bond acceptors (Lipinski definition) is 6. The fourth-order valence-electron chi connectivity index (χ4n) is 1.99. The predicted molar refractivity (Wildman–Crippen MR) is 70.2 cm³/mol. The summed E-state index contributed by atoms with van der Waals surface area (Å²) in [5.41, 5.74) is 0. The molecule has 1 aliphatic rings. The van der Waals surface area contributed by atoms with E-state index in [4.69, 9.17) is 18.5 Å². The van der Waals surface area contributed by atoms with Crippen LogP contribution in [0.4, 0.5) is 0 Å². The number of rotatable bonds is 9. The van der Waals surface area contributed by atoms with Crippen LogP contribution < -0.4 is 0 Å². The second-order valence-electron chi connectivity index (χ2n) is 4.46. The summed E-state index contributed by atoms with van der Waals surface area (Å²) in [4.78, 5) is 12.3. The number of ketones is 1. The minimum absolute atomic E-state index is 0.188. The average molecular weight is 294 g/mol. The Morgan fingerprint density at radius 2 is 1.89 bits per heavy atom. The number of carbonyl (C=O) groups excluding carboxylic acids is 1. The van der Waals surface area contributed by atoms with E-state index in [9.17, 15) is 9.36 Å². The third-order valence-corrected chi connectivity index (χ3v) is 4.98. The highest BCUT2D eigenvalue weighted by atomic mass is 31.2. The van der Waals surface area contributed by atoms with Crippen molar-refractivity contribution >= 4 is 13.4 Å². The highest BCUT2D eigenvalue weighted by Crippen LogP contribution is 2.47. The summed E-state index contributed by atoms with van der Waals surface area (Å²) in [6.07, 6.45) is 1.76. The zero-order valence-electron chi connectivity index (χ0n) is 11.8. The van der Waals surface area contributed by atoms with Crippen LogP contribution in [0.1, 0.15) is 26.2 Å². The molecular formula is C12H23O6P. The Labute approximate surface area is 114 Å². The van der Waals surface area contributed by atoms with Gasteiger partial charge in [0.2, 0.25) is 0 Å². The molecule has 0 aromatic carbocycles. The van der Waals surface area contributed by atoms with E-state index < -0.39 is 19.8 Å². The first kappa shape index (κ1) is 16.8. The largest absolute Gasteiger partial charge is 0.349 e. The number of Topliss-reactive ketones (excluding diaryl/α,β-unsaturated/α-hetero) is 1. The average Bonchev–Trinajstić information content (AvgIpc) is 2.93. The maximum atomic E-state index is 12.3. The molecule has 0 amide bonds. The van der Waals surface area contributed by atoms with Crippen LogP contribution in [0.2, 0.25) is 0 Å². The third-order valence-electron chi connectivity index (χ3n) is 3.16. The van der Waals surface area contributed by atoms with Crippen molar-refractivity contribution in [1.29, 1.82) is 0 Å². The minimum atomic E-state index is -3.32. The molecule has 1 fully saturated rings. The molecule has 0 aliphatic carbocycles. The van der Waals surface area contributed by atoms with Crippen LogP contribution in [-0.2, 0) is 27.9 Å². The van der Waals surface area contributed by atoms with Gasteiger partial charge >= 0.3 is 7.60 Å². The maximum absolute atomic E-state index is 12.3. The first-order valence-electron chi connectivity index (χ1n) is 6.52. The summed E-state index contributed by atoms with van der Waals surface area (Å²) in [6.45, 7) is 3.03. The molecule has 6 nitrogen and oxygen atoms in total. The van der Waals surface area contributed by atoms with Crippen LogP contribution in [0.15, 0.2) is 0 Å². The molecule has 0 radical (unpaired) electrons. The molecule has 0 aromatic heterocycles. The minimum Gasteiger partial charge on any atom is -0.349 e. The van der Waals surface area contributed by atoms with Gasteiger partial charge in [-0.1, -0.05) is 19.8 Å². The highest BCUT2D eigenvalue weighted by molar-refractivity contribution is 7.54. The first-order valence-corrected chi connectivity index (χ1v) is 8.25. The van der Waals surface area contributed by atoms with E-state index in [1.54, 1.807) is 0 Å². The van der Waals surface area contributed by atoms with Crippen molar-refractivity contribution in [3.8, 4) is 0 Å². The Kier molecular flexibility index (Phi) is 7.18. The van der Waals surface area contributed by atoms with Crippen molar-refractivity contribution in [2.45, 2.75) is 32.5 Å². The number of ether oxygens (including phenoxy) is 2. The van der Waals surface area contributed by atoms with Crippen molar-refractivity contribution in [3.05, 3.63) is 0 Å². The third kappa shape index (κ3) is 4.97. The molecule has 1 rings (SSSR count). The van der Waals surface area contributed by atoms with Crippen LogP contribution in [0.25, 0.3) is 0 Å². The standard InChI is InChI=1S/C12H23O6P/c1-4-5-6-10(12-17-7-8-18-12)11(13)9-19(14,15-2)16-3/h10,12H,4-9H2,1-3H3. The van der Waals surface area contributed by atoms with Crippen LogP contribution in [0.5, 0.6) is 0 Å². The zero-order valence-corrected chi connectivity index (χ0v) is 12.7. The number of carbonyl (C=O) groups is 1. The van der Waals surface area contributed by atoms with Crippen LogP contribution >= 0.6 is 7.60 Å². The molecule has 0 bridgehead atoms. The van der Waals surface area contributed by atoms with E-state index in [0.717, 1.165) is 12.8 Å². The SMILES string of the molecule is CCCCC(C(=O)CP(=O)(OC)OC)C1OCCO1. The molecule has 0 N–H and O–H groups in total. The lowest BCUT2D eigenvalue weighted by Crippen LogP contribution is -2.31. The molecule has 19 heavy (non-hydrogen) atoms. The normalized spacial score (nSPS) is 18.7. The Hall–Kier alpha value is -0.260. The highest BCUT2D eigenvalue weighted by Gasteiger charge is 2.36. The van der Waals surface area contributed by atoms with Gasteiger partial charge < -0.3 is 18.5 Å². The molecule has 112 valence electrons. The number of unbranched alkanes of at least 4 members (excludes halogenated alkanes) is 1. The molecule has 0 aromatic rings. The lowest BCUT2D eigenvalue weighted by Gasteiger charge is -2.22. The smallest absolute Gasteiger partial charge is 0.337 e. The van der Waals surface area contributed by atoms with Gasteiger partial charge in [0.1, 0.15) is 6.16 Å². The second kappa shape index (κ2) is 8.12. The van der Waals surface area contributed by atoms with Crippen LogP contribution in [-0.4, -0.2) is 45.7 Å². The number of hydrogen-bond donors (Lipinski definition) is 0. The van der Waals surface area contributed by atoms with Crippen molar-refractivity contribution in [2.75, 3.05) is 33.6 Å². The lowest BCUT2D eigenvalue weighted by molar-refractivity contribution is -0.138. The molecular weight excluding hydrogens is 271 g/mol. The van der Waals surface area contributed by atoms with Gasteiger partial charge in [-0.2, -0.15) is 0 Å². The van der Waals surface area contributed by atoms with E-state index in [0.29, 0.717) is 19.6 Å². The van der Waals surface area contributed by atoms with Gasteiger partial charge in [-0.05, 0) is 6.42 Å². The Morgan fingerprint density at radius 3 is 2.37 bits per heavy atom. The van der Waals surface area contributed by atoms with Gasteiger partial charge in [0, 0.05) is 14.2 Å². The predicted octanol–water partition coefficient (Wildman–Crippen LogP) is 2.22. The molecule has 7 heteroatoms. The van der Waals surface area contributed by atoms with Crippen LogP contribution in [0.3, 0.4) is 0 Å². The van der Waals surface area contributed by atoms with Crippen LogP contribution in [0, 0.1) is 5.92 Å². The van der Waals surface area contributed by atoms with E-state index in [1.807, 2.05) is 6.92 Å². The monoisotopic (exact) mass is 294 g/mol. The fraction of sp³-hybridized carbons (Fsp3) is 0.917. The van der Waals surface area contributed by atoms with E-state index >= 15 is 0 Å². The molecule has 1 unspecified atom stereocenters. The summed E-state index contributed by atoms with van der Waals surface area (Å²) < 4.78 is 32.4. The molecule has 1 aliphatic heterocycles. The summed E-state index contributed by atoms with van der Waals surface area (Å²) in [5, 5.41) is 0. The Balaban J connectivity index is 2.67. The van der Waals surface area contributed by atoms with Gasteiger partial charge in [0.05, 0.1) is 19.1 Å². The summed E-state index contributed by atoms with van der Waals surface area (Å²) in [6, 6.07) is 0. The maximum Gasteiger partial charge on any atom is 0.337 e. The summed E-state index contributed by atoms with van der Waals surface area (Å²) in [7, 11) is -0.766. The van der Waals surface area contributed by atoms with Gasteiger partial charge in [-0.3, -0.25) is 9.36 Å². The first-order chi connectivity index (χ1) is 9.06. The topological polar surface area (TPSA) is 71.1 Å². The zero-order chi connectivity index (χ0) is 14.3. The Morgan fingerprint density at radius 1 is 1.32 bits per heavy atom. The molecule has 1 atom stereocenters. The second-order valence-corrected chi connectivity index (χ2v) is 6.73. The van der Waals surface area contributed by atoms with Crippen molar-refractivity contribution < 1.29 is 27.9 Å². The molecule has 1 saturated heterocycles. The van der Waals surface area contributed by atoms with E-state index in [2.05, 4.69) is 0 Å². The molecule has 0 saturated carbocycles. The van der Waals surface area contributed by atoms with Gasteiger partial charge in [0.15, 0.2) is 12.1 Å². The molecule has 1 heterocycles. The van der Waals surface area contributed by atoms with Crippen molar-refractivity contribution in [2.24, 2.45) is 5.92 Å². The van der Waals surface area contributed by atoms with Crippen molar-refractivity contribution in [3.63, 3.8) is 0 Å². The summed E-state index contributed by atoms with van der Waals surface area (Å²) >= 11 is 0. The van der Waals surface area contributed by atoms with E-state index in [-0.39, 0.29) is 11.9 Å². The molecule has 0 spiro atoms. The lowest BCUT2D eigenvalue weighted by atomic mass is 9.97. The van der Waals surface area contributed by atoms with Crippen molar-refractivity contribution in [1.82, 2.24) is 0 Å². The van der Waals surface area contributed by atoms with Gasteiger partial charge in [-0.15, -0.1) is 0 Å². The Bertz CT molecular complexity index is 318. The quantitative estimate of drug-likeness (QED) is 0.607. The summed E-state index contributed by atoms with van der Waals surface area (Å²) in [5.74, 6) is -0.589. The van der Waals surface area contributed by atoms with Gasteiger partial charge in [0.25, 0.3) is 0 Å². The fourth-order valence-corrected chi connectivity index (χ4v) is 3.02. The van der Waals surface area contributed by atoms with Gasteiger partial charge in [-0.25, -0.2) is 0 Å². The van der Waals surface area contributed by atoms with E-state index in [1.165, 1.54) is 14.2 Å².